The van der Waals surface area contributed by atoms with Gasteiger partial charge in [-0.15, -0.1) is 0 Å². The summed E-state index contributed by atoms with van der Waals surface area (Å²) in [7, 11) is -9.90. The van der Waals surface area contributed by atoms with Gasteiger partial charge in [0.05, 0.1) is 26.4 Å². The summed E-state index contributed by atoms with van der Waals surface area (Å²) in [6, 6.07) is 0. The molecule has 0 spiro atoms. The first-order valence-electron chi connectivity index (χ1n) is 36.4. The van der Waals surface area contributed by atoms with E-state index in [0.29, 0.717) is 25.7 Å². The van der Waals surface area contributed by atoms with E-state index in [1.165, 1.54) is 161 Å². The molecule has 7 atom stereocenters. The maximum atomic E-state index is 13.0. The van der Waals surface area contributed by atoms with Crippen molar-refractivity contribution in [2.24, 2.45) is 17.8 Å². The normalized spacial score (nSPS) is 14.8. The largest absolute Gasteiger partial charge is 0.472 e. The van der Waals surface area contributed by atoms with Crippen molar-refractivity contribution in [2.45, 2.75) is 369 Å². The van der Waals surface area contributed by atoms with Gasteiger partial charge < -0.3 is 33.8 Å². The predicted octanol–water partition coefficient (Wildman–Crippen LogP) is 19.8. The minimum absolute atomic E-state index is 0.104. The van der Waals surface area contributed by atoms with Gasteiger partial charge in [0.15, 0.2) is 12.2 Å². The van der Waals surface area contributed by atoms with Gasteiger partial charge in [0.25, 0.3) is 0 Å². The molecule has 0 aliphatic heterocycles. The van der Waals surface area contributed by atoms with Crippen LogP contribution in [0.5, 0.6) is 0 Å². The van der Waals surface area contributed by atoms with E-state index in [1.54, 1.807) is 0 Å². The third-order valence-electron chi connectivity index (χ3n) is 16.9. The second kappa shape index (κ2) is 61.0. The molecule has 0 aromatic rings. The van der Waals surface area contributed by atoms with E-state index in [0.717, 1.165) is 108 Å². The Bertz CT molecular complexity index is 1750. The zero-order valence-corrected chi connectivity index (χ0v) is 59.7. The number of hydrogen-bond acceptors (Lipinski definition) is 15. The summed E-state index contributed by atoms with van der Waals surface area (Å²) in [5.74, 6) is 0.203. The van der Waals surface area contributed by atoms with E-state index in [2.05, 4.69) is 48.5 Å². The van der Waals surface area contributed by atoms with Crippen molar-refractivity contribution in [1.82, 2.24) is 0 Å². The lowest BCUT2D eigenvalue weighted by Crippen LogP contribution is -2.30. The van der Waals surface area contributed by atoms with E-state index in [4.69, 9.17) is 37.0 Å². The van der Waals surface area contributed by atoms with Crippen LogP contribution in [0.15, 0.2) is 0 Å². The summed E-state index contributed by atoms with van der Waals surface area (Å²) in [4.78, 5) is 72.5. The van der Waals surface area contributed by atoms with Crippen molar-refractivity contribution in [1.29, 1.82) is 0 Å². The molecule has 0 amide bonds. The molecule has 89 heavy (non-hydrogen) atoms. The SMILES string of the molecule is CCCCCCCCCCCCC(=O)OC[C@H](COP(=O)(O)OC[C@H](O)COP(=O)(O)OC[C@@H](COC(=O)CCCCCCCCCCCCC(C)CC)OC(=O)CCCCCCCCCCCCC(C)CC)OC(=O)CCCCCCCCCCC(C)C. The smallest absolute Gasteiger partial charge is 0.462 e. The third-order valence-corrected chi connectivity index (χ3v) is 18.8. The maximum Gasteiger partial charge on any atom is 0.472 e. The van der Waals surface area contributed by atoms with Gasteiger partial charge >= 0.3 is 39.5 Å². The highest BCUT2D eigenvalue weighted by Crippen LogP contribution is 2.45. The van der Waals surface area contributed by atoms with Gasteiger partial charge in [-0.2, -0.15) is 0 Å². The molecule has 0 aromatic carbocycles. The number of phosphoric ester groups is 2. The van der Waals surface area contributed by atoms with Gasteiger partial charge in [-0.1, -0.05) is 299 Å². The molecule has 0 bridgehead atoms. The topological polar surface area (TPSA) is 237 Å². The Labute approximate surface area is 543 Å². The zero-order chi connectivity index (χ0) is 65.9. The zero-order valence-electron chi connectivity index (χ0n) is 57.9. The molecule has 0 rings (SSSR count). The van der Waals surface area contributed by atoms with Gasteiger partial charge in [-0.25, -0.2) is 9.13 Å². The standard InChI is InChI=1S/C70H136O17P2/c1-8-11-12-13-14-15-22-30-37-44-51-67(72)80-58-66(87-70(75)54-47-40-33-26-25-27-34-41-48-61(4)5)60-85-89(78,79)83-56-64(71)55-82-88(76,77)84-59-65(86-69(74)53-46-39-32-24-19-17-21-29-36-43-50-63(7)10-3)57-81-68(73)52-45-38-31-23-18-16-20-28-35-42-49-62(6)9-2/h61-66,71H,8-60H2,1-7H3,(H,76,77)(H,78,79)/t62?,63?,64-,65-,66-/m1/s1. The fraction of sp³-hybridized carbons (Fsp3) is 0.943. The van der Waals surface area contributed by atoms with Crippen molar-refractivity contribution in [3.05, 3.63) is 0 Å². The molecule has 0 radical (unpaired) electrons. The van der Waals surface area contributed by atoms with Crippen LogP contribution in [0.1, 0.15) is 350 Å². The molecule has 0 saturated carbocycles. The summed E-state index contributed by atoms with van der Waals surface area (Å²) in [6.45, 7) is 11.9. The van der Waals surface area contributed by atoms with E-state index in [-0.39, 0.29) is 25.7 Å². The average Bonchev–Trinajstić information content (AvgIpc) is 3.62. The van der Waals surface area contributed by atoms with Crippen LogP contribution in [0.2, 0.25) is 0 Å². The van der Waals surface area contributed by atoms with Crippen LogP contribution in [-0.4, -0.2) is 96.7 Å². The van der Waals surface area contributed by atoms with Gasteiger partial charge in [-0.3, -0.25) is 37.3 Å². The fourth-order valence-corrected chi connectivity index (χ4v) is 12.1. The summed E-state index contributed by atoms with van der Waals surface area (Å²) < 4.78 is 68.3. The molecule has 0 aliphatic rings. The van der Waals surface area contributed by atoms with Crippen LogP contribution in [-0.2, 0) is 65.4 Å². The van der Waals surface area contributed by atoms with E-state index in [1.807, 2.05) is 0 Å². The number of hydrogen-bond donors (Lipinski definition) is 3. The predicted molar refractivity (Wildman–Crippen MR) is 358 cm³/mol. The van der Waals surface area contributed by atoms with Crippen LogP contribution >= 0.6 is 15.6 Å². The van der Waals surface area contributed by atoms with Crippen LogP contribution in [0.3, 0.4) is 0 Å². The van der Waals surface area contributed by atoms with E-state index >= 15 is 0 Å². The van der Waals surface area contributed by atoms with Crippen molar-refractivity contribution >= 4 is 39.5 Å². The highest BCUT2D eigenvalue weighted by atomic mass is 31.2. The van der Waals surface area contributed by atoms with Gasteiger partial charge in [-0.05, 0) is 43.4 Å². The first kappa shape index (κ1) is 87.1. The van der Waals surface area contributed by atoms with Crippen molar-refractivity contribution in [3.63, 3.8) is 0 Å². The molecule has 528 valence electrons. The number of carbonyl (C=O) groups excluding carboxylic acids is 4. The van der Waals surface area contributed by atoms with Crippen molar-refractivity contribution < 1.29 is 80.2 Å². The second-order valence-corrected chi connectivity index (χ2v) is 29.1. The Morgan fingerprint density at radius 2 is 0.573 bits per heavy atom. The maximum absolute atomic E-state index is 13.0. The Hall–Kier alpha value is -1.94. The Morgan fingerprint density at radius 1 is 0.326 bits per heavy atom. The minimum atomic E-state index is -4.95. The monoisotopic (exact) mass is 1310 g/mol. The quantitative estimate of drug-likeness (QED) is 0.0222. The summed E-state index contributed by atoms with van der Waals surface area (Å²) in [6.07, 6.45) is 44.2. The van der Waals surface area contributed by atoms with Crippen molar-refractivity contribution in [3.8, 4) is 0 Å². The number of phosphoric acid groups is 2. The molecule has 17 nitrogen and oxygen atoms in total. The van der Waals surface area contributed by atoms with Gasteiger partial charge in [0, 0.05) is 25.7 Å². The molecule has 4 unspecified atom stereocenters. The molecule has 0 aromatic heterocycles. The molecule has 0 heterocycles. The van der Waals surface area contributed by atoms with Gasteiger partial charge in [0.1, 0.15) is 19.3 Å². The number of aliphatic hydroxyl groups is 1. The number of unbranched alkanes of at least 4 members (excludes halogenated alkanes) is 34. The molecule has 0 fully saturated rings. The first-order chi connectivity index (χ1) is 42.8. The third kappa shape index (κ3) is 62.0. The average molecular weight is 1310 g/mol. The Balaban J connectivity index is 5.26. The Morgan fingerprint density at radius 3 is 0.854 bits per heavy atom. The molecule has 0 aliphatic carbocycles. The molecule has 0 saturated heterocycles. The van der Waals surface area contributed by atoms with Crippen LogP contribution < -0.4 is 0 Å². The lowest BCUT2D eigenvalue weighted by atomic mass is 9.99. The first-order valence-corrected chi connectivity index (χ1v) is 39.4. The van der Waals surface area contributed by atoms with Crippen LogP contribution in [0.25, 0.3) is 0 Å². The lowest BCUT2D eigenvalue weighted by molar-refractivity contribution is -0.161. The number of ether oxygens (including phenoxy) is 4. The minimum Gasteiger partial charge on any atom is -0.462 e. The van der Waals surface area contributed by atoms with Crippen LogP contribution in [0.4, 0.5) is 0 Å². The van der Waals surface area contributed by atoms with Gasteiger partial charge in [0.2, 0.25) is 0 Å². The summed E-state index contributed by atoms with van der Waals surface area (Å²) >= 11 is 0. The lowest BCUT2D eigenvalue weighted by Gasteiger charge is -2.21. The highest BCUT2D eigenvalue weighted by Gasteiger charge is 2.30. The number of carbonyl (C=O) groups is 4. The molecular formula is C70H136O17P2. The van der Waals surface area contributed by atoms with Crippen LogP contribution in [0, 0.1) is 17.8 Å². The summed E-state index contributed by atoms with van der Waals surface area (Å²) in [5, 5.41) is 10.6. The number of esters is 4. The number of aliphatic hydroxyl groups excluding tert-OH is 1. The Kier molecular flexibility index (Phi) is 59.6. The molecule has 3 N–H and O–H groups in total. The number of rotatable bonds is 68. The molecule has 19 heteroatoms. The summed E-state index contributed by atoms with van der Waals surface area (Å²) in [5.41, 5.74) is 0. The second-order valence-electron chi connectivity index (χ2n) is 26.2. The highest BCUT2D eigenvalue weighted by molar-refractivity contribution is 7.47. The van der Waals surface area contributed by atoms with Crippen molar-refractivity contribution in [2.75, 3.05) is 39.6 Å². The molecular weight excluding hydrogens is 1170 g/mol. The fourth-order valence-electron chi connectivity index (χ4n) is 10.5. The van der Waals surface area contributed by atoms with E-state index < -0.39 is 97.5 Å². The van der Waals surface area contributed by atoms with E-state index in [9.17, 15) is 43.2 Å².